The molecule has 5 nitrogen and oxygen atoms in total. The Kier molecular flexibility index (Phi) is 3.77. The molecule has 1 aliphatic carbocycles. The second kappa shape index (κ2) is 5.30. The van der Waals surface area contributed by atoms with E-state index in [0.29, 0.717) is 11.9 Å². The topological polar surface area (TPSA) is 76.7 Å². The van der Waals surface area contributed by atoms with Crippen LogP contribution in [-0.2, 0) is 0 Å². The fourth-order valence-corrected chi connectivity index (χ4v) is 2.24. The summed E-state index contributed by atoms with van der Waals surface area (Å²) in [4.78, 5) is 11.7. The van der Waals surface area contributed by atoms with Crippen molar-refractivity contribution in [3.8, 4) is 0 Å². The van der Waals surface area contributed by atoms with Crippen molar-refractivity contribution in [2.45, 2.75) is 32.1 Å². The van der Waals surface area contributed by atoms with Gasteiger partial charge in [0, 0.05) is 6.54 Å². The Hall–Kier alpha value is -1.10. The molecule has 0 bridgehead atoms. The molecule has 0 radical (unpaired) electrons. The predicted octanol–water partition coefficient (Wildman–Crippen LogP) is 2.10. The molecule has 1 saturated carbocycles. The number of nitrogens with zero attached hydrogens (tertiary/aromatic N) is 3. The zero-order chi connectivity index (χ0) is 11.4. The quantitative estimate of drug-likeness (QED) is 0.848. The molecule has 16 heavy (non-hydrogen) atoms. The number of aromatic nitrogens is 3. The van der Waals surface area contributed by atoms with Gasteiger partial charge < -0.3 is 11.1 Å². The van der Waals surface area contributed by atoms with Gasteiger partial charge in [0.05, 0.1) is 0 Å². The van der Waals surface area contributed by atoms with Crippen LogP contribution in [0.1, 0.15) is 32.1 Å². The van der Waals surface area contributed by atoms with Crippen LogP contribution in [0.15, 0.2) is 0 Å². The van der Waals surface area contributed by atoms with Gasteiger partial charge in [-0.2, -0.15) is 15.0 Å². The minimum Gasteiger partial charge on any atom is -0.368 e. The van der Waals surface area contributed by atoms with Gasteiger partial charge in [-0.3, -0.25) is 0 Å². The Balaban J connectivity index is 1.88. The number of nitrogen functional groups attached to an aromatic ring is 1. The average Bonchev–Trinajstić information content (AvgIpc) is 2.27. The zero-order valence-electron chi connectivity index (χ0n) is 9.12. The first-order valence-corrected chi connectivity index (χ1v) is 6.03. The third kappa shape index (κ3) is 3.20. The van der Waals surface area contributed by atoms with Crippen molar-refractivity contribution >= 4 is 23.5 Å². The number of nitrogens with two attached hydrogens (primary N) is 1. The lowest BCUT2D eigenvalue weighted by Gasteiger charge is -2.21. The van der Waals surface area contributed by atoms with Crippen molar-refractivity contribution in [2.24, 2.45) is 5.92 Å². The highest BCUT2D eigenvalue weighted by atomic mass is 35.5. The van der Waals surface area contributed by atoms with E-state index in [9.17, 15) is 0 Å². The molecule has 88 valence electrons. The lowest BCUT2D eigenvalue weighted by molar-refractivity contribution is 0.373. The third-order valence-corrected chi connectivity index (χ3v) is 3.07. The van der Waals surface area contributed by atoms with Gasteiger partial charge in [-0.15, -0.1) is 0 Å². The van der Waals surface area contributed by atoms with Gasteiger partial charge in [-0.05, 0) is 30.4 Å². The highest BCUT2D eigenvalue weighted by molar-refractivity contribution is 6.28. The maximum Gasteiger partial charge on any atom is 0.228 e. The molecule has 1 fully saturated rings. The van der Waals surface area contributed by atoms with Crippen LogP contribution >= 0.6 is 11.6 Å². The third-order valence-electron chi connectivity index (χ3n) is 2.90. The van der Waals surface area contributed by atoms with E-state index in [1.807, 2.05) is 0 Å². The van der Waals surface area contributed by atoms with E-state index in [2.05, 4.69) is 20.3 Å². The van der Waals surface area contributed by atoms with Crippen LogP contribution in [0.25, 0.3) is 0 Å². The van der Waals surface area contributed by atoms with Crippen LogP contribution in [0.3, 0.4) is 0 Å². The number of hydrogen-bond acceptors (Lipinski definition) is 5. The van der Waals surface area contributed by atoms with E-state index in [0.717, 1.165) is 6.54 Å². The summed E-state index contributed by atoms with van der Waals surface area (Å²) >= 11 is 5.69. The molecule has 0 atom stereocenters. The number of nitrogens with one attached hydrogen (secondary N) is 1. The van der Waals surface area contributed by atoms with Gasteiger partial charge in [0.25, 0.3) is 0 Å². The van der Waals surface area contributed by atoms with Crippen LogP contribution in [0.5, 0.6) is 0 Å². The van der Waals surface area contributed by atoms with Crippen molar-refractivity contribution in [1.29, 1.82) is 0 Å². The SMILES string of the molecule is Nc1nc(Cl)nc(NCC2CCCCC2)n1. The molecule has 6 heteroatoms. The Labute approximate surface area is 99.8 Å². The van der Waals surface area contributed by atoms with E-state index >= 15 is 0 Å². The zero-order valence-corrected chi connectivity index (χ0v) is 9.87. The van der Waals surface area contributed by atoms with Crippen LogP contribution in [0.2, 0.25) is 5.28 Å². The van der Waals surface area contributed by atoms with Crippen LogP contribution in [0, 0.1) is 5.92 Å². The first-order chi connectivity index (χ1) is 7.74. The number of anilines is 2. The first kappa shape index (κ1) is 11.4. The van der Waals surface area contributed by atoms with E-state index < -0.39 is 0 Å². The lowest BCUT2D eigenvalue weighted by atomic mass is 9.89. The highest BCUT2D eigenvalue weighted by Crippen LogP contribution is 2.23. The van der Waals surface area contributed by atoms with E-state index in [1.165, 1.54) is 32.1 Å². The molecule has 1 aromatic rings. The lowest BCUT2D eigenvalue weighted by Crippen LogP contribution is -2.18. The molecule has 2 rings (SSSR count). The molecule has 3 N–H and O–H groups in total. The summed E-state index contributed by atoms with van der Waals surface area (Å²) in [5.41, 5.74) is 5.48. The van der Waals surface area contributed by atoms with E-state index in [4.69, 9.17) is 17.3 Å². The van der Waals surface area contributed by atoms with Crippen LogP contribution < -0.4 is 11.1 Å². The second-order valence-corrected chi connectivity index (χ2v) is 4.51. The maximum atomic E-state index is 5.69. The smallest absolute Gasteiger partial charge is 0.228 e. The van der Waals surface area contributed by atoms with Gasteiger partial charge >= 0.3 is 0 Å². The van der Waals surface area contributed by atoms with E-state index in [-0.39, 0.29) is 11.2 Å². The summed E-state index contributed by atoms with van der Waals surface area (Å²) in [7, 11) is 0. The Bertz CT molecular complexity index is 331. The minimum atomic E-state index is 0.138. The monoisotopic (exact) mass is 241 g/mol. The number of rotatable bonds is 3. The summed E-state index contributed by atoms with van der Waals surface area (Å²) in [6, 6.07) is 0. The summed E-state index contributed by atoms with van der Waals surface area (Å²) in [5.74, 6) is 1.35. The summed E-state index contributed by atoms with van der Waals surface area (Å²) in [6.45, 7) is 0.889. The molecule has 0 aliphatic heterocycles. The summed E-state index contributed by atoms with van der Waals surface area (Å²) in [5, 5.41) is 3.31. The average molecular weight is 242 g/mol. The van der Waals surface area contributed by atoms with Gasteiger partial charge in [0.2, 0.25) is 17.2 Å². The predicted molar refractivity (Wildman–Crippen MR) is 64.3 cm³/mol. The Morgan fingerprint density at radius 3 is 2.62 bits per heavy atom. The molecular weight excluding hydrogens is 226 g/mol. The standard InChI is InChI=1S/C10H16ClN5/c11-8-14-9(12)16-10(15-8)13-6-7-4-2-1-3-5-7/h7H,1-6H2,(H3,12,13,14,15,16). The summed E-state index contributed by atoms with van der Waals surface area (Å²) < 4.78 is 0. The molecule has 0 saturated heterocycles. The normalized spacial score (nSPS) is 17.3. The van der Waals surface area contributed by atoms with Crippen LogP contribution in [-0.4, -0.2) is 21.5 Å². The highest BCUT2D eigenvalue weighted by Gasteiger charge is 2.13. The van der Waals surface area contributed by atoms with Crippen molar-refractivity contribution in [3.63, 3.8) is 0 Å². The minimum absolute atomic E-state index is 0.138. The fourth-order valence-electron chi connectivity index (χ4n) is 2.07. The van der Waals surface area contributed by atoms with Crippen molar-refractivity contribution in [3.05, 3.63) is 5.28 Å². The first-order valence-electron chi connectivity index (χ1n) is 5.65. The molecular formula is C10H16ClN5. The molecule has 0 unspecified atom stereocenters. The van der Waals surface area contributed by atoms with Gasteiger partial charge in [-0.25, -0.2) is 0 Å². The fraction of sp³-hybridized carbons (Fsp3) is 0.700. The van der Waals surface area contributed by atoms with Gasteiger partial charge in [0.15, 0.2) is 0 Å². The molecule has 0 amide bonds. The molecule has 1 aliphatic rings. The van der Waals surface area contributed by atoms with Crippen molar-refractivity contribution in [2.75, 3.05) is 17.6 Å². The number of halogens is 1. The largest absolute Gasteiger partial charge is 0.368 e. The van der Waals surface area contributed by atoms with Crippen LogP contribution in [0.4, 0.5) is 11.9 Å². The molecule has 0 spiro atoms. The number of hydrogen-bond donors (Lipinski definition) is 2. The molecule has 1 heterocycles. The van der Waals surface area contributed by atoms with E-state index in [1.54, 1.807) is 0 Å². The second-order valence-electron chi connectivity index (χ2n) is 4.17. The van der Waals surface area contributed by atoms with Crippen molar-refractivity contribution in [1.82, 2.24) is 15.0 Å². The Morgan fingerprint density at radius 2 is 1.94 bits per heavy atom. The van der Waals surface area contributed by atoms with Crippen molar-refractivity contribution < 1.29 is 0 Å². The maximum absolute atomic E-state index is 5.69. The molecule has 1 aromatic heterocycles. The molecule has 0 aromatic carbocycles. The van der Waals surface area contributed by atoms with Gasteiger partial charge in [0.1, 0.15) is 0 Å². The summed E-state index contributed by atoms with van der Waals surface area (Å²) in [6.07, 6.45) is 6.57. The Morgan fingerprint density at radius 1 is 1.19 bits per heavy atom. The van der Waals surface area contributed by atoms with Gasteiger partial charge in [-0.1, -0.05) is 19.3 Å².